The van der Waals surface area contributed by atoms with Gasteiger partial charge in [-0.1, -0.05) is 13.3 Å². The number of aryl methyl sites for hydroxylation is 1. The molecular formula is C14H21NO3S. The minimum Gasteiger partial charge on any atom is -0.481 e. The van der Waals surface area contributed by atoms with Crippen LogP contribution in [0.4, 0.5) is 0 Å². The fourth-order valence-corrected chi connectivity index (χ4v) is 2.65. The van der Waals surface area contributed by atoms with Crippen molar-refractivity contribution >= 4 is 23.2 Å². The normalized spacial score (nSPS) is 13.8. The van der Waals surface area contributed by atoms with Crippen molar-refractivity contribution in [1.82, 2.24) is 5.32 Å². The largest absolute Gasteiger partial charge is 0.481 e. The first-order chi connectivity index (χ1) is 8.91. The zero-order chi connectivity index (χ0) is 14.4. The van der Waals surface area contributed by atoms with Gasteiger partial charge in [0.1, 0.15) is 0 Å². The summed E-state index contributed by atoms with van der Waals surface area (Å²) < 4.78 is 0. The number of carboxylic acid groups (broad SMARTS) is 1. The van der Waals surface area contributed by atoms with Crippen LogP contribution in [0.25, 0.3) is 0 Å². The van der Waals surface area contributed by atoms with E-state index in [2.05, 4.69) is 5.32 Å². The van der Waals surface area contributed by atoms with E-state index in [9.17, 15) is 9.59 Å². The first-order valence-corrected chi connectivity index (χ1v) is 7.42. The van der Waals surface area contributed by atoms with E-state index in [0.29, 0.717) is 6.42 Å². The number of rotatable bonds is 7. The molecule has 2 N–H and O–H groups in total. The Bertz CT molecular complexity index is 442. The Hall–Kier alpha value is -1.36. The molecule has 1 rings (SSSR count). The van der Waals surface area contributed by atoms with Gasteiger partial charge in [0.25, 0.3) is 5.91 Å². The molecule has 0 aliphatic heterocycles. The molecule has 0 saturated carbocycles. The van der Waals surface area contributed by atoms with Crippen LogP contribution in [0.5, 0.6) is 0 Å². The van der Waals surface area contributed by atoms with Crippen molar-refractivity contribution in [2.24, 2.45) is 5.92 Å². The third kappa shape index (κ3) is 5.03. The first-order valence-electron chi connectivity index (χ1n) is 6.48. The molecule has 0 aliphatic carbocycles. The van der Waals surface area contributed by atoms with Crippen LogP contribution in [0.1, 0.15) is 49.0 Å². The molecule has 0 radical (unpaired) electrons. The summed E-state index contributed by atoms with van der Waals surface area (Å²) in [5.74, 6) is -1.12. The standard InChI is InChI=1S/C14H21NO3S/c1-9(14(17)18)5-4-6-11(3)15-13(16)12-8-19-7-10(12)2/h7-9,11H,4-6H2,1-3H3,(H,15,16)(H,17,18). The second kappa shape index (κ2) is 7.28. The average molecular weight is 283 g/mol. The molecular weight excluding hydrogens is 262 g/mol. The van der Waals surface area contributed by atoms with Gasteiger partial charge in [0.05, 0.1) is 11.5 Å². The van der Waals surface area contributed by atoms with E-state index in [4.69, 9.17) is 5.11 Å². The smallest absolute Gasteiger partial charge is 0.306 e. The van der Waals surface area contributed by atoms with E-state index in [1.54, 1.807) is 6.92 Å². The lowest BCUT2D eigenvalue weighted by atomic mass is 10.0. The van der Waals surface area contributed by atoms with Crippen LogP contribution in [0, 0.1) is 12.8 Å². The van der Waals surface area contributed by atoms with Gasteiger partial charge in [0.15, 0.2) is 0 Å². The maximum atomic E-state index is 11.9. The predicted molar refractivity (Wildman–Crippen MR) is 76.6 cm³/mol. The fourth-order valence-electron chi connectivity index (χ4n) is 1.82. The van der Waals surface area contributed by atoms with Crippen molar-refractivity contribution in [3.05, 3.63) is 21.9 Å². The molecule has 0 aliphatic rings. The van der Waals surface area contributed by atoms with Crippen LogP contribution < -0.4 is 5.32 Å². The molecule has 4 nitrogen and oxygen atoms in total. The number of amides is 1. The average Bonchev–Trinajstić information content (AvgIpc) is 2.75. The number of aliphatic carboxylic acids is 1. The number of hydrogen-bond acceptors (Lipinski definition) is 3. The number of thiophene rings is 1. The van der Waals surface area contributed by atoms with Crippen LogP contribution >= 0.6 is 11.3 Å². The molecule has 0 aromatic carbocycles. The monoisotopic (exact) mass is 283 g/mol. The van der Waals surface area contributed by atoms with Crippen molar-refractivity contribution < 1.29 is 14.7 Å². The van der Waals surface area contributed by atoms with E-state index < -0.39 is 5.97 Å². The molecule has 0 saturated heterocycles. The Morgan fingerprint density at radius 3 is 2.53 bits per heavy atom. The maximum Gasteiger partial charge on any atom is 0.306 e. The fraction of sp³-hybridized carbons (Fsp3) is 0.571. The highest BCUT2D eigenvalue weighted by atomic mass is 32.1. The summed E-state index contributed by atoms with van der Waals surface area (Å²) in [6.45, 7) is 5.58. The topological polar surface area (TPSA) is 66.4 Å². The lowest BCUT2D eigenvalue weighted by molar-refractivity contribution is -0.141. The zero-order valence-corrected chi connectivity index (χ0v) is 12.4. The van der Waals surface area contributed by atoms with Gasteiger partial charge in [-0.2, -0.15) is 11.3 Å². The minimum atomic E-state index is -0.759. The number of carboxylic acids is 1. The summed E-state index contributed by atoms with van der Waals surface area (Å²) >= 11 is 1.52. The molecule has 0 fully saturated rings. The third-order valence-corrected chi connectivity index (χ3v) is 4.03. The van der Waals surface area contributed by atoms with Gasteiger partial charge in [-0.15, -0.1) is 0 Å². The van der Waals surface area contributed by atoms with Crippen LogP contribution in [-0.4, -0.2) is 23.0 Å². The summed E-state index contributed by atoms with van der Waals surface area (Å²) in [6.07, 6.45) is 2.25. The third-order valence-electron chi connectivity index (χ3n) is 3.17. The van der Waals surface area contributed by atoms with Gasteiger partial charge in [-0.3, -0.25) is 9.59 Å². The molecule has 1 heterocycles. The van der Waals surface area contributed by atoms with Gasteiger partial charge in [0.2, 0.25) is 0 Å². The highest BCUT2D eigenvalue weighted by Crippen LogP contribution is 2.14. The van der Waals surface area contributed by atoms with Crippen molar-refractivity contribution in [1.29, 1.82) is 0 Å². The second-order valence-electron chi connectivity index (χ2n) is 5.01. The second-order valence-corrected chi connectivity index (χ2v) is 5.76. The Morgan fingerprint density at radius 1 is 1.32 bits per heavy atom. The van der Waals surface area contributed by atoms with Crippen LogP contribution in [0.3, 0.4) is 0 Å². The molecule has 19 heavy (non-hydrogen) atoms. The van der Waals surface area contributed by atoms with E-state index >= 15 is 0 Å². The molecule has 2 atom stereocenters. The number of hydrogen-bond donors (Lipinski definition) is 2. The van der Waals surface area contributed by atoms with Gasteiger partial charge < -0.3 is 10.4 Å². The summed E-state index contributed by atoms with van der Waals surface area (Å²) in [6, 6.07) is 0.0628. The van der Waals surface area contributed by atoms with E-state index in [1.165, 1.54) is 11.3 Å². The Labute approximate surface area is 117 Å². The zero-order valence-electron chi connectivity index (χ0n) is 11.6. The molecule has 1 amide bonds. The molecule has 5 heteroatoms. The molecule has 0 bridgehead atoms. The summed E-state index contributed by atoms with van der Waals surface area (Å²) in [5.41, 5.74) is 1.73. The summed E-state index contributed by atoms with van der Waals surface area (Å²) in [4.78, 5) is 22.6. The highest BCUT2D eigenvalue weighted by molar-refractivity contribution is 7.08. The number of nitrogens with one attached hydrogen (secondary N) is 1. The number of carbonyl (C=O) groups is 2. The Balaban J connectivity index is 2.32. The lowest BCUT2D eigenvalue weighted by Gasteiger charge is -2.14. The van der Waals surface area contributed by atoms with Crippen LogP contribution in [0.15, 0.2) is 10.8 Å². The quantitative estimate of drug-likeness (QED) is 0.808. The SMILES string of the molecule is Cc1cscc1C(=O)NC(C)CCCC(C)C(=O)O. The minimum absolute atomic E-state index is 0.0440. The highest BCUT2D eigenvalue weighted by Gasteiger charge is 2.14. The molecule has 1 aromatic rings. The summed E-state index contributed by atoms with van der Waals surface area (Å²) in [5, 5.41) is 15.5. The lowest BCUT2D eigenvalue weighted by Crippen LogP contribution is -2.32. The van der Waals surface area contributed by atoms with E-state index in [1.807, 2.05) is 24.6 Å². The van der Waals surface area contributed by atoms with Gasteiger partial charge in [0, 0.05) is 11.4 Å². The molecule has 1 aromatic heterocycles. The Morgan fingerprint density at radius 2 is 2.00 bits per heavy atom. The van der Waals surface area contributed by atoms with Crippen LogP contribution in [0.2, 0.25) is 0 Å². The molecule has 106 valence electrons. The van der Waals surface area contributed by atoms with Crippen molar-refractivity contribution in [3.8, 4) is 0 Å². The van der Waals surface area contributed by atoms with E-state index in [0.717, 1.165) is 24.0 Å². The van der Waals surface area contributed by atoms with E-state index in [-0.39, 0.29) is 17.9 Å². The predicted octanol–water partition coefficient (Wildman–Crippen LogP) is 3.07. The van der Waals surface area contributed by atoms with Crippen molar-refractivity contribution in [3.63, 3.8) is 0 Å². The van der Waals surface area contributed by atoms with Gasteiger partial charge in [-0.25, -0.2) is 0 Å². The van der Waals surface area contributed by atoms with Crippen molar-refractivity contribution in [2.45, 2.75) is 46.1 Å². The number of carbonyl (C=O) groups excluding carboxylic acids is 1. The molecule has 2 unspecified atom stereocenters. The van der Waals surface area contributed by atoms with Gasteiger partial charge in [-0.05, 0) is 37.6 Å². The van der Waals surface area contributed by atoms with Crippen LogP contribution in [-0.2, 0) is 4.79 Å². The first kappa shape index (κ1) is 15.7. The van der Waals surface area contributed by atoms with Crippen molar-refractivity contribution in [2.75, 3.05) is 0 Å². The summed E-state index contributed by atoms with van der Waals surface area (Å²) in [7, 11) is 0. The maximum absolute atomic E-state index is 11.9. The Kier molecular flexibility index (Phi) is 6.02. The van der Waals surface area contributed by atoms with Gasteiger partial charge >= 0.3 is 5.97 Å². The molecule has 0 spiro atoms.